The molecule has 0 saturated heterocycles. The highest BCUT2D eigenvalue weighted by atomic mass is 32.2. The lowest BCUT2D eigenvalue weighted by Crippen LogP contribution is -2.04. The number of fused-ring (bicyclic) bond motifs is 1. The number of nitrogens with zero attached hydrogens (tertiary/aromatic N) is 4. The van der Waals surface area contributed by atoms with Gasteiger partial charge in [0.25, 0.3) is 0 Å². The summed E-state index contributed by atoms with van der Waals surface area (Å²) in [4.78, 5) is 14.1. The summed E-state index contributed by atoms with van der Waals surface area (Å²) in [6, 6.07) is 21.0. The number of methoxy groups -OCH3 is 1. The minimum Gasteiger partial charge on any atom is -0.497 e. The highest BCUT2D eigenvalue weighted by Crippen LogP contribution is 2.35. The van der Waals surface area contributed by atoms with E-state index in [-0.39, 0.29) is 5.75 Å². The summed E-state index contributed by atoms with van der Waals surface area (Å²) >= 11 is 0. The fraction of sp³-hybridized carbons (Fsp3) is 0.207. The third kappa shape index (κ3) is 5.99. The molecule has 0 saturated carbocycles. The molecule has 0 spiro atoms. The zero-order chi connectivity index (χ0) is 28.3. The number of ether oxygens (including phenoxy) is 1. The second kappa shape index (κ2) is 11.2. The van der Waals surface area contributed by atoms with Crippen molar-refractivity contribution >= 4 is 44.1 Å². The Bertz CT molecular complexity index is 1750. The third-order valence-corrected chi connectivity index (χ3v) is 7.34. The lowest BCUT2D eigenvalue weighted by atomic mass is 10.1. The van der Waals surface area contributed by atoms with Crippen LogP contribution in [0.3, 0.4) is 0 Å². The Morgan fingerprint density at radius 1 is 0.925 bits per heavy atom. The molecule has 0 aliphatic carbocycles. The highest BCUT2D eigenvalue weighted by molar-refractivity contribution is 7.89. The molecule has 3 aromatic carbocycles. The Kier molecular flexibility index (Phi) is 7.56. The monoisotopic (exact) mass is 557 g/mol. The molecule has 3 N–H and O–H groups in total. The van der Waals surface area contributed by atoms with E-state index in [0.717, 1.165) is 50.8 Å². The van der Waals surface area contributed by atoms with E-state index in [9.17, 15) is 8.42 Å². The van der Waals surface area contributed by atoms with E-state index in [0.29, 0.717) is 18.2 Å². The molecule has 0 aliphatic rings. The number of anilines is 4. The van der Waals surface area contributed by atoms with E-state index in [1.54, 1.807) is 25.4 Å². The van der Waals surface area contributed by atoms with Crippen LogP contribution in [0.2, 0.25) is 0 Å². The van der Waals surface area contributed by atoms with Crippen molar-refractivity contribution in [3.8, 4) is 17.0 Å². The molecule has 0 aliphatic heterocycles. The largest absolute Gasteiger partial charge is 0.497 e. The van der Waals surface area contributed by atoms with Crippen molar-refractivity contribution in [1.82, 2.24) is 19.5 Å². The van der Waals surface area contributed by atoms with E-state index >= 15 is 0 Å². The second-order valence-electron chi connectivity index (χ2n) is 9.46. The van der Waals surface area contributed by atoms with Gasteiger partial charge < -0.3 is 25.3 Å². The van der Waals surface area contributed by atoms with Gasteiger partial charge in [-0.05, 0) is 53.6 Å². The Hall–Kier alpha value is -4.64. The molecule has 206 valence electrons. The first-order valence-electron chi connectivity index (χ1n) is 12.6. The van der Waals surface area contributed by atoms with Crippen LogP contribution in [-0.2, 0) is 29.2 Å². The molecule has 5 rings (SSSR count). The number of hydrogen-bond acceptors (Lipinski definition) is 9. The molecule has 10 nitrogen and oxygen atoms in total. The van der Waals surface area contributed by atoms with Crippen LogP contribution in [0, 0.1) is 0 Å². The topological polar surface area (TPSA) is 123 Å². The molecular formula is C29H31N7O3S. The second-order valence-corrected chi connectivity index (χ2v) is 11.6. The van der Waals surface area contributed by atoms with Crippen molar-refractivity contribution in [2.45, 2.75) is 12.3 Å². The average molecular weight is 558 g/mol. The predicted molar refractivity (Wildman–Crippen MR) is 160 cm³/mol. The van der Waals surface area contributed by atoms with Gasteiger partial charge in [0.2, 0.25) is 11.9 Å². The quantitative estimate of drug-likeness (QED) is 0.218. The number of benzene rings is 3. The zero-order valence-corrected chi connectivity index (χ0v) is 23.6. The molecule has 2 heterocycles. The van der Waals surface area contributed by atoms with Crippen LogP contribution in [0.25, 0.3) is 22.3 Å². The van der Waals surface area contributed by atoms with Gasteiger partial charge in [0.05, 0.1) is 29.6 Å². The van der Waals surface area contributed by atoms with Crippen LogP contribution >= 0.6 is 0 Å². The number of sulfone groups is 1. The van der Waals surface area contributed by atoms with Gasteiger partial charge in [0.15, 0.2) is 9.84 Å². The maximum Gasteiger partial charge on any atom is 0.227 e. The number of hydrogen-bond donors (Lipinski definition) is 3. The molecule has 40 heavy (non-hydrogen) atoms. The maximum atomic E-state index is 11.6. The van der Waals surface area contributed by atoms with Crippen molar-refractivity contribution in [2.24, 2.45) is 7.05 Å². The molecule has 0 fully saturated rings. The van der Waals surface area contributed by atoms with Gasteiger partial charge in [0, 0.05) is 44.5 Å². The van der Waals surface area contributed by atoms with Crippen molar-refractivity contribution in [2.75, 3.05) is 36.4 Å². The molecule has 0 bridgehead atoms. The van der Waals surface area contributed by atoms with Crippen LogP contribution in [0.1, 0.15) is 11.1 Å². The first kappa shape index (κ1) is 26.9. The van der Waals surface area contributed by atoms with Crippen molar-refractivity contribution in [1.29, 1.82) is 0 Å². The third-order valence-electron chi connectivity index (χ3n) is 6.48. The van der Waals surface area contributed by atoms with Crippen LogP contribution in [0.5, 0.6) is 5.75 Å². The Morgan fingerprint density at radius 2 is 1.65 bits per heavy atom. The SMILES string of the molecule is CNc1ccc2c(nc(NCc3ccc(OC)cc3)n2C)c1-c1ccnc(Nc2ccc(CS(C)(=O)=O)cc2)n1. The molecule has 2 aromatic heterocycles. The summed E-state index contributed by atoms with van der Waals surface area (Å²) in [5.41, 5.74) is 6.82. The summed E-state index contributed by atoms with van der Waals surface area (Å²) in [6.45, 7) is 0.611. The van der Waals surface area contributed by atoms with E-state index in [1.807, 2.05) is 73.3 Å². The maximum absolute atomic E-state index is 11.6. The molecule has 0 amide bonds. The number of aryl methyl sites for hydroxylation is 1. The minimum absolute atomic E-state index is 0.00289. The van der Waals surface area contributed by atoms with Crippen molar-refractivity contribution < 1.29 is 13.2 Å². The average Bonchev–Trinajstić information content (AvgIpc) is 3.27. The van der Waals surface area contributed by atoms with Crippen molar-refractivity contribution in [3.63, 3.8) is 0 Å². The van der Waals surface area contributed by atoms with Gasteiger partial charge >= 0.3 is 0 Å². The Balaban J connectivity index is 1.43. The fourth-order valence-corrected chi connectivity index (χ4v) is 5.28. The summed E-state index contributed by atoms with van der Waals surface area (Å²) in [7, 11) is 2.41. The van der Waals surface area contributed by atoms with Gasteiger partial charge in [-0.1, -0.05) is 24.3 Å². The normalized spacial score (nSPS) is 11.4. The van der Waals surface area contributed by atoms with Crippen LogP contribution in [0.15, 0.2) is 72.9 Å². The lowest BCUT2D eigenvalue weighted by Gasteiger charge is -2.11. The molecule has 0 radical (unpaired) electrons. The number of aromatic nitrogens is 4. The van der Waals surface area contributed by atoms with Crippen LogP contribution in [-0.4, -0.2) is 48.4 Å². The number of rotatable bonds is 10. The Morgan fingerprint density at radius 3 is 2.33 bits per heavy atom. The predicted octanol–water partition coefficient (Wildman–Crippen LogP) is 4.98. The highest BCUT2D eigenvalue weighted by Gasteiger charge is 2.18. The number of imidazole rings is 1. The van der Waals surface area contributed by atoms with E-state index < -0.39 is 9.84 Å². The summed E-state index contributed by atoms with van der Waals surface area (Å²) in [5.74, 6) is 1.97. The smallest absolute Gasteiger partial charge is 0.227 e. The fourth-order valence-electron chi connectivity index (χ4n) is 4.48. The molecule has 0 unspecified atom stereocenters. The summed E-state index contributed by atoms with van der Waals surface area (Å²) in [6.07, 6.45) is 2.92. The van der Waals surface area contributed by atoms with Gasteiger partial charge in [0.1, 0.15) is 11.3 Å². The number of nitrogens with one attached hydrogen (secondary N) is 3. The van der Waals surface area contributed by atoms with E-state index in [4.69, 9.17) is 14.7 Å². The molecular weight excluding hydrogens is 526 g/mol. The van der Waals surface area contributed by atoms with Crippen LogP contribution in [0.4, 0.5) is 23.3 Å². The van der Waals surface area contributed by atoms with Gasteiger partial charge in [-0.15, -0.1) is 0 Å². The Labute approximate surface area is 233 Å². The first-order chi connectivity index (χ1) is 19.2. The van der Waals surface area contributed by atoms with Gasteiger partial charge in [-0.25, -0.2) is 23.4 Å². The first-order valence-corrected chi connectivity index (χ1v) is 14.7. The minimum atomic E-state index is -3.10. The molecule has 11 heteroatoms. The lowest BCUT2D eigenvalue weighted by molar-refractivity contribution is 0.414. The molecule has 0 atom stereocenters. The van der Waals surface area contributed by atoms with Gasteiger partial charge in [-0.3, -0.25) is 0 Å². The summed E-state index contributed by atoms with van der Waals surface area (Å²) in [5, 5.41) is 9.92. The zero-order valence-electron chi connectivity index (χ0n) is 22.8. The van der Waals surface area contributed by atoms with Crippen molar-refractivity contribution in [3.05, 3.63) is 84.1 Å². The summed E-state index contributed by atoms with van der Waals surface area (Å²) < 4.78 is 30.4. The molecule has 5 aromatic rings. The van der Waals surface area contributed by atoms with E-state index in [1.165, 1.54) is 6.26 Å². The van der Waals surface area contributed by atoms with Crippen LogP contribution < -0.4 is 20.7 Å². The standard InChI is InChI=1S/C29H31N7O3S/c1-30-23-13-14-25-27(35-29(36(25)2)32-17-19-7-11-22(39-3)12-8-19)26(23)24-15-16-31-28(34-24)33-21-9-5-20(6-10-21)18-40(4,37)38/h5-16,30H,17-18H2,1-4H3,(H,32,35)(H,31,33,34). The van der Waals surface area contributed by atoms with E-state index in [2.05, 4.69) is 20.9 Å². The van der Waals surface area contributed by atoms with Gasteiger partial charge in [-0.2, -0.15) is 0 Å².